The van der Waals surface area contributed by atoms with Gasteiger partial charge in [0.15, 0.2) is 5.96 Å². The van der Waals surface area contributed by atoms with Crippen LogP contribution in [-0.2, 0) is 4.79 Å². The fourth-order valence-corrected chi connectivity index (χ4v) is 2.48. The van der Waals surface area contributed by atoms with Gasteiger partial charge < -0.3 is 21.1 Å². The Morgan fingerprint density at radius 2 is 1.72 bits per heavy atom. The van der Waals surface area contributed by atoms with Crippen LogP contribution in [0, 0.1) is 17.3 Å². The first-order valence-electron chi connectivity index (χ1n) is 9.18. The smallest absolute Gasteiger partial charge is 0.227 e. The number of guanidine groups is 1. The molecule has 0 fully saturated rings. The molecule has 150 valence electrons. The third-order valence-corrected chi connectivity index (χ3v) is 3.83. The van der Waals surface area contributed by atoms with Gasteiger partial charge in [-0.25, -0.2) is 0 Å². The van der Waals surface area contributed by atoms with Crippen LogP contribution < -0.4 is 16.0 Å². The van der Waals surface area contributed by atoms with Crippen LogP contribution in [-0.4, -0.2) is 49.8 Å². The van der Waals surface area contributed by atoms with E-state index in [2.05, 4.69) is 34.8 Å². The Balaban J connectivity index is 0. The van der Waals surface area contributed by atoms with Crippen LogP contribution in [0.15, 0.2) is 4.99 Å². The molecule has 0 bridgehead atoms. The summed E-state index contributed by atoms with van der Waals surface area (Å²) in [6.07, 6.45) is 1.85. The molecule has 0 aromatic carbocycles. The standard InChI is InChI=1S/C18H38N4O2.HI/c1-7-19-16(24)18(5,6)13-22-17(20-8-2)21-12-15(9-10-23)11-14(3)4;/h14-15,23H,7-13H2,1-6H3,(H,19,24)(H2,20,21,22);1H. The van der Waals surface area contributed by atoms with Crippen molar-refractivity contribution in [3.05, 3.63) is 0 Å². The van der Waals surface area contributed by atoms with Gasteiger partial charge in [-0.15, -0.1) is 24.0 Å². The van der Waals surface area contributed by atoms with Crippen LogP contribution in [0.4, 0.5) is 0 Å². The largest absolute Gasteiger partial charge is 0.396 e. The Bertz CT molecular complexity index is 387. The van der Waals surface area contributed by atoms with Gasteiger partial charge in [-0.1, -0.05) is 13.8 Å². The Morgan fingerprint density at radius 3 is 2.20 bits per heavy atom. The highest BCUT2D eigenvalue weighted by atomic mass is 127. The summed E-state index contributed by atoms with van der Waals surface area (Å²) in [5, 5.41) is 18.6. The molecule has 0 aliphatic heterocycles. The average Bonchev–Trinajstić information content (AvgIpc) is 2.49. The minimum atomic E-state index is -0.541. The highest BCUT2D eigenvalue weighted by molar-refractivity contribution is 14.0. The second-order valence-electron chi connectivity index (χ2n) is 7.33. The molecule has 4 N–H and O–H groups in total. The molecule has 0 radical (unpaired) electrons. The number of carbonyl (C=O) groups excluding carboxylic acids is 1. The van der Waals surface area contributed by atoms with E-state index in [-0.39, 0.29) is 36.5 Å². The number of nitrogens with one attached hydrogen (secondary N) is 3. The van der Waals surface area contributed by atoms with Crippen molar-refractivity contribution in [3.63, 3.8) is 0 Å². The van der Waals surface area contributed by atoms with Crippen LogP contribution in [0.1, 0.15) is 54.4 Å². The summed E-state index contributed by atoms with van der Waals surface area (Å²) in [7, 11) is 0. The molecule has 0 saturated heterocycles. The van der Waals surface area contributed by atoms with Gasteiger partial charge in [-0.05, 0) is 52.4 Å². The van der Waals surface area contributed by atoms with Gasteiger partial charge in [0.2, 0.25) is 5.91 Å². The first-order valence-corrected chi connectivity index (χ1v) is 9.18. The molecule has 6 nitrogen and oxygen atoms in total. The molecule has 1 unspecified atom stereocenters. The van der Waals surface area contributed by atoms with Crippen LogP contribution in [0.2, 0.25) is 0 Å². The number of aliphatic hydroxyl groups excluding tert-OH is 1. The lowest BCUT2D eigenvalue weighted by atomic mass is 9.92. The second-order valence-corrected chi connectivity index (χ2v) is 7.33. The van der Waals surface area contributed by atoms with E-state index in [0.717, 1.165) is 31.9 Å². The van der Waals surface area contributed by atoms with Crippen LogP contribution in [0.3, 0.4) is 0 Å². The molecule has 0 aromatic rings. The van der Waals surface area contributed by atoms with Gasteiger partial charge in [-0.2, -0.15) is 0 Å². The van der Waals surface area contributed by atoms with Crippen molar-refractivity contribution in [3.8, 4) is 0 Å². The zero-order chi connectivity index (χ0) is 18.6. The molecule has 7 heteroatoms. The fourth-order valence-electron chi connectivity index (χ4n) is 2.48. The number of nitrogens with zero attached hydrogens (tertiary/aromatic N) is 1. The molecule has 0 spiro atoms. The second kappa shape index (κ2) is 14.6. The highest BCUT2D eigenvalue weighted by Gasteiger charge is 2.26. The maximum absolute atomic E-state index is 12.1. The van der Waals surface area contributed by atoms with Gasteiger partial charge in [0, 0.05) is 26.2 Å². The third kappa shape index (κ3) is 12.4. The minimum Gasteiger partial charge on any atom is -0.396 e. The van der Waals surface area contributed by atoms with E-state index in [4.69, 9.17) is 0 Å². The molecule has 1 atom stereocenters. The number of aliphatic hydroxyl groups is 1. The molecule has 0 heterocycles. The molecule has 1 amide bonds. The van der Waals surface area contributed by atoms with E-state index in [1.165, 1.54) is 0 Å². The summed E-state index contributed by atoms with van der Waals surface area (Å²) >= 11 is 0. The maximum Gasteiger partial charge on any atom is 0.227 e. The Hall–Kier alpha value is -0.570. The SMILES string of the molecule is CCNC(=O)C(C)(C)CN=C(NCC)NCC(CCO)CC(C)C.I. The number of aliphatic imine (C=N–C) groups is 1. The lowest BCUT2D eigenvalue weighted by Gasteiger charge is -2.23. The number of rotatable bonds is 11. The summed E-state index contributed by atoms with van der Waals surface area (Å²) in [4.78, 5) is 16.6. The topological polar surface area (TPSA) is 85.8 Å². The van der Waals surface area contributed by atoms with Crippen molar-refractivity contribution in [2.45, 2.75) is 54.4 Å². The Labute approximate surface area is 171 Å². The quantitative estimate of drug-likeness (QED) is 0.212. The van der Waals surface area contributed by atoms with Gasteiger partial charge in [0.25, 0.3) is 0 Å². The van der Waals surface area contributed by atoms with Gasteiger partial charge in [0.05, 0.1) is 12.0 Å². The molecule has 25 heavy (non-hydrogen) atoms. The summed E-state index contributed by atoms with van der Waals surface area (Å²) in [6.45, 7) is 14.9. The van der Waals surface area contributed by atoms with Crippen LogP contribution in [0.25, 0.3) is 0 Å². The van der Waals surface area contributed by atoms with E-state index in [1.807, 2.05) is 27.7 Å². The van der Waals surface area contributed by atoms with Crippen molar-refractivity contribution < 1.29 is 9.90 Å². The number of hydrogen-bond donors (Lipinski definition) is 4. The summed E-state index contributed by atoms with van der Waals surface area (Å²) in [6, 6.07) is 0. The number of hydrogen-bond acceptors (Lipinski definition) is 3. The van der Waals surface area contributed by atoms with Crippen molar-refractivity contribution >= 4 is 35.8 Å². The highest BCUT2D eigenvalue weighted by Crippen LogP contribution is 2.16. The lowest BCUT2D eigenvalue weighted by molar-refractivity contribution is -0.128. The normalized spacial score (nSPS) is 13.2. The Kier molecular flexibility index (Phi) is 15.6. The molecular formula is C18H39IN4O2. The lowest BCUT2D eigenvalue weighted by Crippen LogP contribution is -2.43. The summed E-state index contributed by atoms with van der Waals surface area (Å²) < 4.78 is 0. The first-order chi connectivity index (χ1) is 11.3. The average molecular weight is 470 g/mol. The van der Waals surface area contributed by atoms with Gasteiger partial charge in [0.1, 0.15) is 0 Å². The molecule has 0 rings (SSSR count). The molecule has 0 aliphatic carbocycles. The summed E-state index contributed by atoms with van der Waals surface area (Å²) in [5.41, 5.74) is -0.541. The molecule has 0 aromatic heterocycles. The van der Waals surface area contributed by atoms with Crippen molar-refractivity contribution in [2.75, 3.05) is 32.8 Å². The fraction of sp³-hybridized carbons (Fsp3) is 0.889. The van der Waals surface area contributed by atoms with Crippen molar-refractivity contribution in [1.82, 2.24) is 16.0 Å². The van der Waals surface area contributed by atoms with E-state index in [0.29, 0.717) is 24.9 Å². The predicted octanol–water partition coefficient (Wildman–Crippen LogP) is 2.37. The van der Waals surface area contributed by atoms with Gasteiger partial charge >= 0.3 is 0 Å². The number of amides is 1. The van der Waals surface area contributed by atoms with E-state index >= 15 is 0 Å². The molecule has 0 aliphatic rings. The molecule has 0 saturated carbocycles. The monoisotopic (exact) mass is 470 g/mol. The van der Waals surface area contributed by atoms with E-state index < -0.39 is 5.41 Å². The Morgan fingerprint density at radius 1 is 1.12 bits per heavy atom. The van der Waals surface area contributed by atoms with Crippen molar-refractivity contribution in [1.29, 1.82) is 0 Å². The minimum absolute atomic E-state index is 0. The zero-order valence-corrected chi connectivity index (χ0v) is 19.1. The van der Waals surface area contributed by atoms with Gasteiger partial charge in [-0.3, -0.25) is 9.79 Å². The first kappa shape index (κ1) is 26.7. The number of halogens is 1. The zero-order valence-electron chi connectivity index (χ0n) is 16.8. The van der Waals surface area contributed by atoms with Crippen LogP contribution in [0.5, 0.6) is 0 Å². The van der Waals surface area contributed by atoms with E-state index in [1.54, 1.807) is 0 Å². The number of carbonyl (C=O) groups is 1. The summed E-state index contributed by atoms with van der Waals surface area (Å²) in [5.74, 6) is 1.75. The predicted molar refractivity (Wildman–Crippen MR) is 117 cm³/mol. The maximum atomic E-state index is 12.1. The van der Waals surface area contributed by atoms with E-state index in [9.17, 15) is 9.90 Å². The third-order valence-electron chi connectivity index (χ3n) is 3.83. The van der Waals surface area contributed by atoms with Crippen LogP contribution >= 0.6 is 24.0 Å². The molecular weight excluding hydrogens is 431 g/mol. The van der Waals surface area contributed by atoms with Crippen molar-refractivity contribution in [2.24, 2.45) is 22.2 Å².